The minimum absolute atomic E-state index is 0.0101. The average Bonchev–Trinajstić information content (AvgIpc) is 4.05. The Balaban J connectivity index is 1.00. The molecule has 2 N–H and O–H groups in total. The lowest BCUT2D eigenvalue weighted by Crippen LogP contribution is -2.67. The van der Waals surface area contributed by atoms with Gasteiger partial charge in [0.2, 0.25) is 5.91 Å². The first-order valence-electron chi connectivity index (χ1n) is 29.2. The second kappa shape index (κ2) is 21.8. The van der Waals surface area contributed by atoms with E-state index in [1.165, 1.54) is 34.8 Å². The fraction of sp³-hybridized carbons (Fsp3) is 0.683. The lowest BCUT2D eigenvalue weighted by Gasteiger charge is -2.52. The van der Waals surface area contributed by atoms with E-state index in [2.05, 4.69) is 95.6 Å². The number of likely N-dealkylation sites (tertiary alicyclic amines) is 2. The van der Waals surface area contributed by atoms with Crippen molar-refractivity contribution in [3.05, 3.63) is 57.7 Å². The molecule has 2 amide bonds. The molecule has 1 aliphatic carbocycles. The molecule has 6 saturated heterocycles. The zero-order valence-corrected chi connectivity index (χ0v) is 47.8. The molecule has 7 aliphatic heterocycles. The number of fused-ring (bicyclic) bond motifs is 6. The molecule has 1 saturated carbocycles. The van der Waals surface area contributed by atoms with Gasteiger partial charge in [0, 0.05) is 109 Å². The first-order valence-corrected chi connectivity index (χ1v) is 30.0. The number of carbonyl (C=O) groups excluding carboxylic acids is 3. The molecule has 17 nitrogen and oxygen atoms in total. The first kappa shape index (κ1) is 54.2. The Kier molecular flexibility index (Phi) is 15.2. The second-order valence-corrected chi connectivity index (χ2v) is 26.5. The van der Waals surface area contributed by atoms with Crippen LogP contribution in [0.4, 0.5) is 0 Å². The number of methoxy groups -OCH3 is 1. The van der Waals surface area contributed by atoms with Crippen LogP contribution in [-0.2, 0) is 55.8 Å². The maximum atomic E-state index is 15.3. The number of carbonyl (C=O) groups is 3. The molecule has 18 heteroatoms. The minimum Gasteiger partial charge on any atom is -0.464 e. The third kappa shape index (κ3) is 11.0. The van der Waals surface area contributed by atoms with Gasteiger partial charge in [-0.05, 0) is 127 Å². The van der Waals surface area contributed by atoms with Crippen LogP contribution in [0.2, 0.25) is 0 Å². The van der Waals surface area contributed by atoms with E-state index in [0.29, 0.717) is 84.4 Å². The Morgan fingerprint density at radius 2 is 1.82 bits per heavy atom. The SMILES string of the molecule is CO[C@@H](C)c1ncc(C2CCN(C3CC3)CC2)cc1-c1c2c3cc(ccc3n1CCO[C@H]1CCOC(C)(C)C1)-c1csc(n1)[C@@H](N1CC3(CCOC3)C1)[C@H](NC(=O)[C@H]1OC[C@@H]1C)C(=O)N1CCC[C@H](N1)C(=O)OCC(C)(C)C2. The lowest BCUT2D eigenvalue weighted by atomic mass is 9.77. The van der Waals surface area contributed by atoms with Gasteiger partial charge in [-0.1, -0.05) is 26.8 Å². The summed E-state index contributed by atoms with van der Waals surface area (Å²) in [6, 6.07) is 7.44. The summed E-state index contributed by atoms with van der Waals surface area (Å²) in [5, 5.41) is 8.64. The molecule has 1 aromatic carbocycles. The highest BCUT2D eigenvalue weighted by molar-refractivity contribution is 7.10. The molecule has 10 heterocycles. The van der Waals surface area contributed by atoms with Crippen molar-refractivity contribution < 1.29 is 42.8 Å². The predicted molar refractivity (Wildman–Crippen MR) is 297 cm³/mol. The Labute approximate surface area is 463 Å². The fourth-order valence-corrected chi connectivity index (χ4v) is 14.7. The molecule has 78 heavy (non-hydrogen) atoms. The van der Waals surface area contributed by atoms with Crippen LogP contribution in [0.1, 0.15) is 139 Å². The molecule has 8 aliphatic rings. The lowest BCUT2D eigenvalue weighted by molar-refractivity contribution is -0.164. The number of hydrazine groups is 1. The Bertz CT molecular complexity index is 2860. The third-order valence-electron chi connectivity index (χ3n) is 18.4. The molecular weight excluding hydrogens is 1010 g/mol. The number of nitrogens with zero attached hydrogens (tertiary/aromatic N) is 6. The van der Waals surface area contributed by atoms with Crippen molar-refractivity contribution >= 4 is 40.0 Å². The smallest absolute Gasteiger partial charge is 0.324 e. The Hall–Kier alpha value is -4.37. The Morgan fingerprint density at radius 3 is 2.54 bits per heavy atom. The van der Waals surface area contributed by atoms with E-state index in [1.54, 1.807) is 7.11 Å². The van der Waals surface area contributed by atoms with Crippen molar-refractivity contribution in [2.75, 3.05) is 79.5 Å². The number of nitrogens with one attached hydrogen (secondary N) is 2. The van der Waals surface area contributed by atoms with Crippen molar-refractivity contribution in [3.8, 4) is 22.5 Å². The van der Waals surface area contributed by atoms with Crippen LogP contribution in [0, 0.1) is 16.7 Å². The highest BCUT2D eigenvalue weighted by Crippen LogP contribution is 2.47. The van der Waals surface area contributed by atoms with Crippen molar-refractivity contribution in [1.29, 1.82) is 0 Å². The third-order valence-corrected chi connectivity index (χ3v) is 19.3. The normalized spacial score (nSPS) is 29.2. The number of hydrogen-bond acceptors (Lipinski definition) is 15. The fourth-order valence-electron chi connectivity index (χ4n) is 13.7. The van der Waals surface area contributed by atoms with Gasteiger partial charge in [0.05, 0.1) is 67.4 Å². The van der Waals surface area contributed by atoms with E-state index >= 15 is 4.79 Å². The molecule has 6 bridgehead atoms. The van der Waals surface area contributed by atoms with E-state index < -0.39 is 35.6 Å². The van der Waals surface area contributed by atoms with Crippen LogP contribution in [-0.4, -0.2) is 163 Å². The average molecular weight is 1090 g/mol. The number of amides is 2. The molecule has 12 rings (SSSR count). The van der Waals surface area contributed by atoms with Crippen molar-refractivity contribution in [1.82, 2.24) is 40.1 Å². The molecular formula is C60H82N8O9S. The van der Waals surface area contributed by atoms with Crippen LogP contribution in [0.5, 0.6) is 0 Å². The zero-order valence-electron chi connectivity index (χ0n) is 47.0. The summed E-state index contributed by atoms with van der Waals surface area (Å²) in [6.45, 7) is 20.4. The number of esters is 1. The number of thiazole rings is 1. The number of aromatic nitrogens is 3. The van der Waals surface area contributed by atoms with Crippen LogP contribution < -0.4 is 10.7 Å². The summed E-state index contributed by atoms with van der Waals surface area (Å²) >= 11 is 1.51. The van der Waals surface area contributed by atoms with Gasteiger partial charge in [0.1, 0.15) is 23.2 Å². The maximum absolute atomic E-state index is 15.3. The minimum atomic E-state index is -1.04. The molecule has 3 aromatic heterocycles. The monoisotopic (exact) mass is 1090 g/mol. The number of rotatable bonds is 12. The summed E-state index contributed by atoms with van der Waals surface area (Å²) in [7, 11) is 1.76. The first-order chi connectivity index (χ1) is 37.5. The van der Waals surface area contributed by atoms with Crippen LogP contribution in [0.3, 0.4) is 0 Å². The van der Waals surface area contributed by atoms with Crippen molar-refractivity contribution in [2.24, 2.45) is 16.7 Å². The van der Waals surface area contributed by atoms with Gasteiger partial charge in [-0.2, -0.15) is 0 Å². The van der Waals surface area contributed by atoms with E-state index in [1.807, 2.05) is 6.92 Å². The number of piperidine rings is 1. The number of hydrogen-bond donors (Lipinski definition) is 2. The summed E-state index contributed by atoms with van der Waals surface area (Å²) < 4.78 is 39.6. The molecule has 4 aromatic rings. The number of cyclic esters (lactones) is 1. The number of pyridine rings is 1. The molecule has 0 unspecified atom stereocenters. The highest BCUT2D eigenvalue weighted by Gasteiger charge is 2.53. The second-order valence-electron chi connectivity index (χ2n) is 25.6. The van der Waals surface area contributed by atoms with Crippen LogP contribution >= 0.6 is 11.3 Å². The van der Waals surface area contributed by atoms with Gasteiger partial charge in [-0.15, -0.1) is 11.3 Å². The predicted octanol–water partition coefficient (Wildman–Crippen LogP) is 7.75. The van der Waals surface area contributed by atoms with Crippen LogP contribution in [0.15, 0.2) is 35.8 Å². The van der Waals surface area contributed by atoms with Gasteiger partial charge in [0.25, 0.3) is 5.91 Å². The number of benzene rings is 1. The molecule has 7 atom stereocenters. The van der Waals surface area contributed by atoms with E-state index in [9.17, 15) is 9.59 Å². The van der Waals surface area contributed by atoms with Gasteiger partial charge in [-0.3, -0.25) is 29.3 Å². The standard InChI is InChI=1S/C60H82N8O9S/c1-36-30-75-53(36)54(69)63-50-52(66-32-60(33-66)17-23-73-35-60)55-62-47(31-78-55)39-10-13-48-43(25-39)45(28-58(3,4)34-76-57(71)46-9-8-18-68(64-46)56(50)70)51(67(48)21-24-74-42-16-22-77-59(5,6)27-42)44-26-40(29-61-49(44)37(2)72-7)38-14-19-65(20-15-38)41-11-12-41/h10,13,25-26,29,31,36-38,41-42,46,50,52-53,64H,8-9,11-12,14-24,27-28,30,32-35H2,1-7H3,(H,63,69)/t36-,37-,42-,46-,50-,52-,53-/m0/s1. The van der Waals surface area contributed by atoms with E-state index in [4.69, 9.17) is 38.4 Å². The van der Waals surface area contributed by atoms with Gasteiger partial charge in [0.15, 0.2) is 0 Å². The largest absolute Gasteiger partial charge is 0.464 e. The van der Waals surface area contributed by atoms with Gasteiger partial charge >= 0.3 is 5.97 Å². The summed E-state index contributed by atoms with van der Waals surface area (Å²) in [5.41, 5.74) is 10.6. The van der Waals surface area contributed by atoms with E-state index in [-0.39, 0.29) is 47.6 Å². The molecule has 422 valence electrons. The van der Waals surface area contributed by atoms with E-state index in [0.717, 1.165) is 101 Å². The topological polar surface area (TPSA) is 171 Å². The zero-order chi connectivity index (χ0) is 54.1. The molecule has 1 spiro atoms. The summed E-state index contributed by atoms with van der Waals surface area (Å²) in [5.74, 6) is -0.670. The van der Waals surface area contributed by atoms with Crippen molar-refractivity contribution in [3.63, 3.8) is 0 Å². The summed E-state index contributed by atoms with van der Waals surface area (Å²) in [6.07, 6.45) is 10.3. The Morgan fingerprint density at radius 1 is 1.00 bits per heavy atom. The van der Waals surface area contributed by atoms with Crippen LogP contribution in [0.25, 0.3) is 33.4 Å². The molecule has 7 fully saturated rings. The van der Waals surface area contributed by atoms with Gasteiger partial charge < -0.3 is 43.2 Å². The highest BCUT2D eigenvalue weighted by atomic mass is 32.1. The molecule has 0 radical (unpaired) electrons. The summed E-state index contributed by atoms with van der Waals surface area (Å²) in [4.78, 5) is 59.7. The van der Waals surface area contributed by atoms with Gasteiger partial charge in [-0.25, -0.2) is 10.4 Å². The number of ether oxygens (including phenoxy) is 6. The maximum Gasteiger partial charge on any atom is 0.324 e. The van der Waals surface area contributed by atoms with Crippen molar-refractivity contribution in [2.45, 2.75) is 166 Å². The quantitative estimate of drug-likeness (QED) is 0.132.